The molecule has 0 saturated heterocycles. The van der Waals surface area contributed by atoms with E-state index >= 15 is 0 Å². The van der Waals surface area contributed by atoms with E-state index < -0.39 is 35.1 Å². The highest BCUT2D eigenvalue weighted by molar-refractivity contribution is 5.98. The lowest BCUT2D eigenvalue weighted by Gasteiger charge is -2.36. The Hall–Kier alpha value is -3.10. The first-order chi connectivity index (χ1) is 15.7. The van der Waals surface area contributed by atoms with Gasteiger partial charge in [-0.1, -0.05) is 26.0 Å². The van der Waals surface area contributed by atoms with Gasteiger partial charge >= 0.3 is 6.18 Å². The molecular formula is C23H28F3N5O3. The molecule has 5 N–H and O–H groups in total. The van der Waals surface area contributed by atoms with Gasteiger partial charge in [0.1, 0.15) is 5.56 Å². The fraction of sp³-hybridized carbons (Fsp3) is 0.522. The van der Waals surface area contributed by atoms with Crippen LogP contribution in [0.15, 0.2) is 30.5 Å². The van der Waals surface area contributed by atoms with Gasteiger partial charge in [0.2, 0.25) is 0 Å². The number of carbonyl (C=O) groups is 1. The number of anilines is 2. The van der Waals surface area contributed by atoms with Crippen molar-refractivity contribution in [1.82, 2.24) is 9.78 Å². The highest BCUT2D eigenvalue weighted by Crippen LogP contribution is 2.40. The van der Waals surface area contributed by atoms with Gasteiger partial charge in [-0.2, -0.15) is 23.5 Å². The average Bonchev–Trinajstić information content (AvgIpc) is 3.16. The standard InChI is InChI=1S/C23H28F3N5O3/c1-21(2,20(33)23(24,25)26)14-4-6-15(7-5-14)29-19-16(18(28)32)12-31(30-19)17-8-9-22(3,34)10-13(17)11-27/h4-7,12-13,17,20,33-34H,8-10H2,1-3H3,(H2,28,32)(H,29,30)/t13-,17?,20?,22-/m1/s1. The van der Waals surface area contributed by atoms with Crippen LogP contribution in [-0.4, -0.2) is 43.8 Å². The Morgan fingerprint density at radius 1 is 1.35 bits per heavy atom. The van der Waals surface area contributed by atoms with Crippen LogP contribution in [0.5, 0.6) is 0 Å². The molecule has 8 nitrogen and oxygen atoms in total. The fourth-order valence-corrected chi connectivity index (χ4v) is 4.34. The molecule has 0 radical (unpaired) electrons. The Bertz CT molecular complexity index is 1090. The first kappa shape index (κ1) is 25.5. The monoisotopic (exact) mass is 479 g/mol. The van der Waals surface area contributed by atoms with Gasteiger partial charge in [-0.05, 0) is 43.9 Å². The average molecular weight is 480 g/mol. The zero-order chi connectivity index (χ0) is 25.5. The fourth-order valence-electron chi connectivity index (χ4n) is 4.34. The minimum absolute atomic E-state index is 0.0888. The Morgan fingerprint density at radius 3 is 2.50 bits per heavy atom. The lowest BCUT2D eigenvalue weighted by molar-refractivity contribution is -0.221. The molecule has 4 atom stereocenters. The first-order valence-electron chi connectivity index (χ1n) is 10.8. The van der Waals surface area contributed by atoms with Gasteiger partial charge in [-0.15, -0.1) is 0 Å². The van der Waals surface area contributed by atoms with E-state index in [0.717, 1.165) is 0 Å². The van der Waals surface area contributed by atoms with E-state index in [4.69, 9.17) is 5.73 Å². The predicted molar refractivity (Wildman–Crippen MR) is 118 cm³/mol. The quantitative estimate of drug-likeness (QED) is 0.500. The van der Waals surface area contributed by atoms with Crippen LogP contribution >= 0.6 is 0 Å². The molecule has 1 amide bonds. The number of benzene rings is 1. The number of aliphatic hydroxyl groups is 2. The number of hydrogen-bond donors (Lipinski definition) is 4. The number of aliphatic hydroxyl groups excluding tert-OH is 1. The summed E-state index contributed by atoms with van der Waals surface area (Å²) in [6.07, 6.45) is -4.64. The van der Waals surface area contributed by atoms with E-state index in [-0.39, 0.29) is 29.4 Å². The van der Waals surface area contributed by atoms with Crippen LogP contribution in [0, 0.1) is 17.2 Å². The van der Waals surface area contributed by atoms with Crippen LogP contribution in [0.25, 0.3) is 0 Å². The van der Waals surface area contributed by atoms with Crippen molar-refractivity contribution >= 4 is 17.4 Å². The van der Waals surface area contributed by atoms with Gasteiger partial charge in [0.25, 0.3) is 5.91 Å². The Balaban J connectivity index is 1.85. The van der Waals surface area contributed by atoms with Crippen molar-refractivity contribution in [2.45, 2.75) is 69.4 Å². The molecule has 1 aromatic carbocycles. The Morgan fingerprint density at radius 2 is 1.97 bits per heavy atom. The highest BCUT2D eigenvalue weighted by Gasteiger charge is 2.48. The second kappa shape index (κ2) is 8.92. The number of amides is 1. The van der Waals surface area contributed by atoms with Gasteiger partial charge in [0, 0.05) is 17.3 Å². The lowest BCUT2D eigenvalue weighted by atomic mass is 9.77. The summed E-state index contributed by atoms with van der Waals surface area (Å²) in [7, 11) is 0. The number of nitrogens with one attached hydrogen (secondary N) is 1. The third-order valence-corrected chi connectivity index (χ3v) is 6.49. The normalized spacial score (nSPS) is 24.3. The topological polar surface area (TPSA) is 137 Å². The van der Waals surface area contributed by atoms with Crippen LogP contribution in [0.3, 0.4) is 0 Å². The lowest BCUT2D eigenvalue weighted by Crippen LogP contribution is -2.44. The number of rotatable bonds is 6. The molecule has 1 aromatic heterocycles. The minimum Gasteiger partial charge on any atom is -0.390 e. The smallest absolute Gasteiger partial charge is 0.390 e. The zero-order valence-electron chi connectivity index (χ0n) is 19.1. The molecule has 2 aromatic rings. The maximum atomic E-state index is 13.0. The highest BCUT2D eigenvalue weighted by atomic mass is 19.4. The van der Waals surface area contributed by atoms with E-state index in [0.29, 0.717) is 18.5 Å². The number of primary amides is 1. The molecule has 1 fully saturated rings. The summed E-state index contributed by atoms with van der Waals surface area (Å²) in [5, 5.41) is 36.9. The molecule has 1 aliphatic carbocycles. The molecule has 0 spiro atoms. The van der Waals surface area contributed by atoms with Crippen LogP contribution in [0.4, 0.5) is 24.7 Å². The van der Waals surface area contributed by atoms with Crippen LogP contribution in [0.1, 0.15) is 62.0 Å². The van der Waals surface area contributed by atoms with Crippen molar-refractivity contribution in [1.29, 1.82) is 5.26 Å². The molecule has 184 valence electrons. The van der Waals surface area contributed by atoms with Gasteiger partial charge < -0.3 is 21.3 Å². The summed E-state index contributed by atoms with van der Waals surface area (Å²) >= 11 is 0. The predicted octanol–water partition coefficient (Wildman–Crippen LogP) is 3.54. The van der Waals surface area contributed by atoms with E-state index in [9.17, 15) is 33.4 Å². The molecule has 0 aliphatic heterocycles. The van der Waals surface area contributed by atoms with Gasteiger partial charge in [0.05, 0.1) is 23.6 Å². The van der Waals surface area contributed by atoms with E-state index in [2.05, 4.69) is 16.5 Å². The third kappa shape index (κ3) is 5.18. The van der Waals surface area contributed by atoms with Crippen LogP contribution in [-0.2, 0) is 5.41 Å². The molecule has 2 unspecified atom stereocenters. The molecular weight excluding hydrogens is 451 g/mol. The summed E-state index contributed by atoms with van der Waals surface area (Å²) in [6.45, 7) is 4.28. The van der Waals surface area contributed by atoms with Gasteiger partial charge in [-0.25, -0.2) is 0 Å². The maximum absolute atomic E-state index is 13.0. The van der Waals surface area contributed by atoms with E-state index in [1.807, 2.05) is 0 Å². The summed E-state index contributed by atoms with van der Waals surface area (Å²) in [6, 6.07) is 7.77. The van der Waals surface area contributed by atoms with Crippen molar-refractivity contribution in [2.75, 3.05) is 5.32 Å². The number of hydrogen-bond acceptors (Lipinski definition) is 6. The molecule has 0 bridgehead atoms. The molecule has 1 saturated carbocycles. The SMILES string of the molecule is CC(C)(c1ccc(Nc2nn(C3CC[C@@](C)(O)C[C@@H]3C#N)cc2C(N)=O)cc1)C(O)C(F)(F)F. The number of alkyl halides is 3. The number of aromatic nitrogens is 2. The largest absolute Gasteiger partial charge is 0.415 e. The van der Waals surface area contributed by atoms with E-state index in [1.165, 1.54) is 49.0 Å². The maximum Gasteiger partial charge on any atom is 0.415 e. The second-order valence-corrected chi connectivity index (χ2v) is 9.65. The Labute approximate surface area is 195 Å². The number of nitrogens with two attached hydrogens (primary N) is 1. The summed E-state index contributed by atoms with van der Waals surface area (Å²) in [4.78, 5) is 12.0. The number of nitrogens with zero attached hydrogens (tertiary/aromatic N) is 3. The van der Waals surface area contributed by atoms with Crippen molar-refractivity contribution < 1.29 is 28.2 Å². The van der Waals surface area contributed by atoms with Gasteiger partial charge in [0.15, 0.2) is 11.9 Å². The van der Waals surface area contributed by atoms with Crippen LogP contribution in [0.2, 0.25) is 0 Å². The van der Waals surface area contributed by atoms with Crippen LogP contribution < -0.4 is 11.1 Å². The summed E-state index contributed by atoms with van der Waals surface area (Å²) in [5.41, 5.74) is 3.78. The first-order valence-corrected chi connectivity index (χ1v) is 10.8. The number of carbonyl (C=O) groups excluding carboxylic acids is 1. The van der Waals surface area contributed by atoms with Crippen molar-refractivity contribution in [3.05, 3.63) is 41.6 Å². The summed E-state index contributed by atoms with van der Waals surface area (Å²) < 4.78 is 40.6. The van der Waals surface area contributed by atoms with Crippen molar-refractivity contribution in [3.63, 3.8) is 0 Å². The van der Waals surface area contributed by atoms with Crippen molar-refractivity contribution in [3.8, 4) is 6.07 Å². The third-order valence-electron chi connectivity index (χ3n) is 6.49. The zero-order valence-corrected chi connectivity index (χ0v) is 19.1. The molecule has 1 heterocycles. The Kier molecular flexibility index (Phi) is 6.70. The molecule has 3 rings (SSSR count). The molecule has 11 heteroatoms. The van der Waals surface area contributed by atoms with Crippen molar-refractivity contribution in [2.24, 2.45) is 11.7 Å². The molecule has 34 heavy (non-hydrogen) atoms. The molecule has 1 aliphatic rings. The van der Waals surface area contributed by atoms with Gasteiger partial charge in [-0.3, -0.25) is 9.48 Å². The second-order valence-electron chi connectivity index (χ2n) is 9.65. The minimum atomic E-state index is -4.77. The van der Waals surface area contributed by atoms with E-state index in [1.54, 1.807) is 6.92 Å². The number of nitriles is 1. The number of halogens is 3. The summed E-state index contributed by atoms with van der Waals surface area (Å²) in [5.74, 6) is -1.11.